The summed E-state index contributed by atoms with van der Waals surface area (Å²) in [6.45, 7) is 5.37. The molecule has 5 heteroatoms. The molecule has 3 rings (SSSR count). The van der Waals surface area contributed by atoms with Crippen molar-refractivity contribution in [2.24, 2.45) is 0 Å². The van der Waals surface area contributed by atoms with Gasteiger partial charge in [0, 0.05) is 52.9 Å². The molecule has 1 aliphatic rings. The number of benzene rings is 1. The molecule has 0 spiro atoms. The molecule has 24 heavy (non-hydrogen) atoms. The summed E-state index contributed by atoms with van der Waals surface area (Å²) in [6, 6.07) is 11.4. The van der Waals surface area contributed by atoms with Crippen LogP contribution in [0.3, 0.4) is 0 Å². The second-order valence-corrected chi connectivity index (χ2v) is 6.90. The van der Waals surface area contributed by atoms with Gasteiger partial charge in [-0.2, -0.15) is 0 Å². The molecule has 5 nitrogen and oxygen atoms in total. The number of hydrogen-bond donors (Lipinski definition) is 0. The molecule has 1 aliphatic heterocycles. The van der Waals surface area contributed by atoms with E-state index in [2.05, 4.69) is 64.1 Å². The monoisotopic (exact) mass is 325 g/mol. The van der Waals surface area contributed by atoms with Crippen LogP contribution in [-0.2, 0) is 6.54 Å². The van der Waals surface area contributed by atoms with Gasteiger partial charge in [-0.1, -0.05) is 29.8 Å². The van der Waals surface area contributed by atoms with Gasteiger partial charge in [-0.3, -0.25) is 4.90 Å². The van der Waals surface area contributed by atoms with E-state index >= 15 is 0 Å². The van der Waals surface area contributed by atoms with Crippen molar-refractivity contribution in [2.45, 2.75) is 25.9 Å². The van der Waals surface area contributed by atoms with E-state index in [0.717, 1.165) is 31.3 Å². The molecule has 1 unspecified atom stereocenters. The maximum atomic E-state index is 4.45. The van der Waals surface area contributed by atoms with E-state index in [-0.39, 0.29) is 0 Å². The lowest BCUT2D eigenvalue weighted by Crippen LogP contribution is -2.35. The van der Waals surface area contributed by atoms with Crippen molar-refractivity contribution < 1.29 is 0 Å². The largest absolute Gasteiger partial charge is 0.363 e. The molecule has 0 amide bonds. The lowest BCUT2D eigenvalue weighted by atomic mass is 10.1. The Bertz CT molecular complexity index is 668. The third-order valence-electron chi connectivity index (χ3n) is 4.78. The number of rotatable bonds is 5. The molecule has 2 aromatic rings. The number of likely N-dealkylation sites (tertiary alicyclic amines) is 1. The zero-order valence-electron chi connectivity index (χ0n) is 15.1. The van der Waals surface area contributed by atoms with Crippen LogP contribution in [0.4, 0.5) is 11.6 Å². The highest BCUT2D eigenvalue weighted by atomic mass is 15.3. The molecular formula is C19H27N5. The molecule has 2 heterocycles. The van der Waals surface area contributed by atoms with Crippen LogP contribution in [-0.4, -0.2) is 55.1 Å². The predicted octanol–water partition coefficient (Wildman–Crippen LogP) is 2.56. The highest BCUT2D eigenvalue weighted by molar-refractivity contribution is 5.49. The van der Waals surface area contributed by atoms with Gasteiger partial charge >= 0.3 is 0 Å². The minimum absolute atomic E-state index is 0.500. The first kappa shape index (κ1) is 16.7. The van der Waals surface area contributed by atoms with Crippen LogP contribution in [0.5, 0.6) is 0 Å². The number of likely N-dealkylation sites (N-methyl/N-ethyl adjacent to an activating group) is 1. The smallest absolute Gasteiger partial charge is 0.134 e. The fourth-order valence-corrected chi connectivity index (χ4v) is 3.19. The maximum absolute atomic E-state index is 4.45. The summed E-state index contributed by atoms with van der Waals surface area (Å²) in [7, 11) is 6.15. The summed E-state index contributed by atoms with van der Waals surface area (Å²) in [5.41, 5.74) is 2.71. The summed E-state index contributed by atoms with van der Waals surface area (Å²) >= 11 is 0. The fourth-order valence-electron chi connectivity index (χ4n) is 3.19. The summed E-state index contributed by atoms with van der Waals surface area (Å²) < 4.78 is 0. The molecule has 0 bridgehead atoms. The number of nitrogens with zero attached hydrogens (tertiary/aromatic N) is 5. The van der Waals surface area contributed by atoms with Crippen LogP contribution in [0.25, 0.3) is 0 Å². The van der Waals surface area contributed by atoms with Gasteiger partial charge < -0.3 is 9.80 Å². The molecular weight excluding hydrogens is 298 g/mol. The number of aryl methyl sites for hydroxylation is 1. The third kappa shape index (κ3) is 3.85. The summed E-state index contributed by atoms with van der Waals surface area (Å²) in [4.78, 5) is 15.6. The maximum Gasteiger partial charge on any atom is 0.134 e. The normalized spacial score (nSPS) is 17.9. The first-order valence-electron chi connectivity index (χ1n) is 8.53. The van der Waals surface area contributed by atoms with Crippen LogP contribution in [0.15, 0.2) is 36.7 Å². The van der Waals surface area contributed by atoms with Gasteiger partial charge in [0.05, 0.1) is 0 Å². The number of anilines is 2. The van der Waals surface area contributed by atoms with Gasteiger partial charge in [0.25, 0.3) is 0 Å². The molecule has 1 aromatic carbocycles. The predicted molar refractivity (Wildman–Crippen MR) is 99.6 cm³/mol. The highest BCUT2D eigenvalue weighted by Crippen LogP contribution is 2.23. The molecule has 1 fully saturated rings. The highest BCUT2D eigenvalue weighted by Gasteiger charge is 2.26. The van der Waals surface area contributed by atoms with Crippen LogP contribution < -0.4 is 9.80 Å². The van der Waals surface area contributed by atoms with Gasteiger partial charge in [-0.25, -0.2) is 9.97 Å². The second kappa shape index (κ2) is 7.18. The lowest BCUT2D eigenvalue weighted by Gasteiger charge is -2.26. The Morgan fingerprint density at radius 1 is 1.08 bits per heavy atom. The molecule has 1 atom stereocenters. The SMILES string of the molecule is Cc1ccc(CN2CCC(N(C)c3cc(N(C)C)ncn3)C2)cc1. The Morgan fingerprint density at radius 3 is 2.50 bits per heavy atom. The van der Waals surface area contributed by atoms with Gasteiger partial charge in [-0.15, -0.1) is 0 Å². The minimum atomic E-state index is 0.500. The Balaban J connectivity index is 1.62. The first-order chi connectivity index (χ1) is 11.5. The van der Waals surface area contributed by atoms with Crippen molar-refractivity contribution in [3.8, 4) is 0 Å². The Kier molecular flexibility index (Phi) is 5.00. The van der Waals surface area contributed by atoms with Gasteiger partial charge in [0.1, 0.15) is 18.0 Å². The molecule has 0 saturated carbocycles. The van der Waals surface area contributed by atoms with E-state index in [0.29, 0.717) is 6.04 Å². The Morgan fingerprint density at radius 2 is 1.79 bits per heavy atom. The summed E-state index contributed by atoms with van der Waals surface area (Å²) in [5, 5.41) is 0. The summed E-state index contributed by atoms with van der Waals surface area (Å²) in [6.07, 6.45) is 2.82. The Labute approximate surface area is 144 Å². The zero-order chi connectivity index (χ0) is 17.1. The van der Waals surface area contributed by atoms with Gasteiger partial charge in [-0.05, 0) is 18.9 Å². The van der Waals surface area contributed by atoms with E-state index in [1.807, 2.05) is 19.0 Å². The third-order valence-corrected chi connectivity index (χ3v) is 4.78. The lowest BCUT2D eigenvalue weighted by molar-refractivity contribution is 0.326. The molecule has 128 valence electrons. The van der Waals surface area contributed by atoms with E-state index in [1.165, 1.54) is 17.5 Å². The number of aromatic nitrogens is 2. The van der Waals surface area contributed by atoms with E-state index < -0.39 is 0 Å². The number of hydrogen-bond acceptors (Lipinski definition) is 5. The van der Waals surface area contributed by atoms with Crippen LogP contribution >= 0.6 is 0 Å². The minimum Gasteiger partial charge on any atom is -0.363 e. The van der Waals surface area contributed by atoms with E-state index in [1.54, 1.807) is 6.33 Å². The topological polar surface area (TPSA) is 35.5 Å². The molecule has 0 aliphatic carbocycles. The molecule has 0 radical (unpaired) electrons. The zero-order valence-corrected chi connectivity index (χ0v) is 15.1. The average Bonchev–Trinajstić information content (AvgIpc) is 3.05. The van der Waals surface area contributed by atoms with Crippen LogP contribution in [0.2, 0.25) is 0 Å². The van der Waals surface area contributed by atoms with Gasteiger partial charge in [0.15, 0.2) is 0 Å². The van der Waals surface area contributed by atoms with Crippen molar-refractivity contribution in [1.82, 2.24) is 14.9 Å². The van der Waals surface area contributed by atoms with E-state index in [4.69, 9.17) is 0 Å². The van der Waals surface area contributed by atoms with Crippen molar-refractivity contribution in [3.05, 3.63) is 47.8 Å². The quantitative estimate of drug-likeness (QED) is 0.844. The van der Waals surface area contributed by atoms with Gasteiger partial charge in [0.2, 0.25) is 0 Å². The van der Waals surface area contributed by atoms with Crippen LogP contribution in [0.1, 0.15) is 17.5 Å². The van der Waals surface area contributed by atoms with E-state index in [9.17, 15) is 0 Å². The molecule has 0 N–H and O–H groups in total. The van der Waals surface area contributed by atoms with Crippen molar-refractivity contribution in [3.63, 3.8) is 0 Å². The van der Waals surface area contributed by atoms with Crippen molar-refractivity contribution >= 4 is 11.6 Å². The Hall–Kier alpha value is -2.14. The van der Waals surface area contributed by atoms with Crippen molar-refractivity contribution in [1.29, 1.82) is 0 Å². The standard InChI is InChI=1S/C19H27N5/c1-15-5-7-16(8-6-15)12-24-10-9-17(13-24)23(4)19-11-18(22(2)3)20-14-21-19/h5-8,11,14,17H,9-10,12-13H2,1-4H3. The summed E-state index contributed by atoms with van der Waals surface area (Å²) in [5.74, 6) is 1.94. The van der Waals surface area contributed by atoms with Crippen LogP contribution in [0, 0.1) is 6.92 Å². The second-order valence-electron chi connectivity index (χ2n) is 6.90. The average molecular weight is 325 g/mol. The molecule has 1 aromatic heterocycles. The van der Waals surface area contributed by atoms with Crippen molar-refractivity contribution in [2.75, 3.05) is 44.0 Å². The fraction of sp³-hybridized carbons (Fsp3) is 0.474. The molecule has 1 saturated heterocycles. The first-order valence-corrected chi connectivity index (χ1v) is 8.53.